The van der Waals surface area contributed by atoms with Crippen molar-refractivity contribution in [2.45, 2.75) is 26.3 Å². The molecule has 3 aromatic rings. The Morgan fingerprint density at radius 2 is 1.93 bits per heavy atom. The van der Waals surface area contributed by atoms with Crippen LogP contribution in [0.1, 0.15) is 34.1 Å². The molecule has 5 nitrogen and oxygen atoms in total. The average Bonchev–Trinajstić information content (AvgIpc) is 3.27. The van der Waals surface area contributed by atoms with Crippen molar-refractivity contribution in [3.05, 3.63) is 63.8 Å². The molecule has 142 valence electrons. The lowest BCUT2D eigenvalue weighted by molar-refractivity contribution is -0.116. The van der Waals surface area contributed by atoms with Gasteiger partial charge in [0.1, 0.15) is 0 Å². The number of H-pyrrole nitrogens is 1. The molecule has 0 bridgehead atoms. The predicted molar refractivity (Wildman–Crippen MR) is 110 cm³/mol. The van der Waals surface area contributed by atoms with Gasteiger partial charge in [-0.3, -0.25) is 9.59 Å². The number of carbonyl (C=O) groups is 2. The van der Waals surface area contributed by atoms with Crippen molar-refractivity contribution in [1.82, 2.24) is 9.88 Å². The third-order valence-corrected chi connectivity index (χ3v) is 6.06. The number of amides is 2. The molecule has 2 aliphatic rings. The predicted octanol–water partition coefficient (Wildman–Crippen LogP) is 3.93. The number of benzene rings is 2. The van der Waals surface area contributed by atoms with Crippen LogP contribution in [-0.4, -0.2) is 34.8 Å². The number of halogens is 1. The number of aromatic nitrogens is 1. The molecule has 1 aromatic heterocycles. The van der Waals surface area contributed by atoms with Gasteiger partial charge in [0.25, 0.3) is 5.91 Å². The lowest BCUT2D eigenvalue weighted by Crippen LogP contribution is -2.35. The lowest BCUT2D eigenvalue weighted by atomic mass is 10.0. The molecule has 0 saturated carbocycles. The van der Waals surface area contributed by atoms with Gasteiger partial charge in [0.15, 0.2) is 0 Å². The number of anilines is 1. The summed E-state index contributed by atoms with van der Waals surface area (Å²) in [5.74, 6) is 0.0745. The normalized spacial score (nSPS) is 15.6. The summed E-state index contributed by atoms with van der Waals surface area (Å²) in [6.45, 7) is 3.52. The van der Waals surface area contributed by atoms with E-state index in [2.05, 4.69) is 4.98 Å². The van der Waals surface area contributed by atoms with E-state index in [9.17, 15) is 9.59 Å². The SMILES string of the molecule is CC(=O)N1CCc2cc(C(=O)N3CCc4[nH]c5ccc(Cl)cc5c4C3)ccc21. The Bertz CT molecular complexity index is 1130. The smallest absolute Gasteiger partial charge is 0.254 e. The maximum absolute atomic E-state index is 13.2. The van der Waals surface area contributed by atoms with Gasteiger partial charge in [-0.1, -0.05) is 11.6 Å². The van der Waals surface area contributed by atoms with Gasteiger partial charge in [-0.25, -0.2) is 0 Å². The summed E-state index contributed by atoms with van der Waals surface area (Å²) in [5, 5.41) is 1.79. The second-order valence-corrected chi connectivity index (χ2v) is 7.95. The average molecular weight is 394 g/mol. The van der Waals surface area contributed by atoms with Gasteiger partial charge >= 0.3 is 0 Å². The summed E-state index contributed by atoms with van der Waals surface area (Å²) in [4.78, 5) is 32.0. The summed E-state index contributed by atoms with van der Waals surface area (Å²) in [6, 6.07) is 11.5. The number of hydrogen-bond donors (Lipinski definition) is 1. The number of fused-ring (bicyclic) bond motifs is 4. The monoisotopic (exact) mass is 393 g/mol. The molecule has 2 aromatic carbocycles. The molecule has 0 saturated heterocycles. The number of hydrogen-bond acceptors (Lipinski definition) is 2. The summed E-state index contributed by atoms with van der Waals surface area (Å²) in [5.41, 5.74) is 6.08. The van der Waals surface area contributed by atoms with Gasteiger partial charge in [0.2, 0.25) is 5.91 Å². The minimum Gasteiger partial charge on any atom is -0.358 e. The molecule has 0 spiro atoms. The third-order valence-electron chi connectivity index (χ3n) is 5.83. The molecular weight excluding hydrogens is 374 g/mol. The molecule has 0 unspecified atom stereocenters. The molecule has 1 N–H and O–H groups in total. The van der Waals surface area contributed by atoms with Crippen LogP contribution in [0.2, 0.25) is 5.02 Å². The van der Waals surface area contributed by atoms with Crippen molar-refractivity contribution >= 4 is 40.0 Å². The zero-order valence-corrected chi connectivity index (χ0v) is 16.3. The van der Waals surface area contributed by atoms with Crippen molar-refractivity contribution in [2.75, 3.05) is 18.0 Å². The summed E-state index contributed by atoms with van der Waals surface area (Å²) in [7, 11) is 0. The highest BCUT2D eigenvalue weighted by Gasteiger charge is 2.27. The Balaban J connectivity index is 1.44. The van der Waals surface area contributed by atoms with E-state index in [-0.39, 0.29) is 11.8 Å². The first-order valence-electron chi connectivity index (χ1n) is 9.50. The first-order chi connectivity index (χ1) is 13.5. The Kier molecular flexibility index (Phi) is 3.95. The Labute approximate surface area is 167 Å². The van der Waals surface area contributed by atoms with Crippen molar-refractivity contribution in [2.24, 2.45) is 0 Å². The highest BCUT2D eigenvalue weighted by molar-refractivity contribution is 6.31. The molecular formula is C22H20ClN3O2. The minimum absolute atomic E-state index is 0.0334. The van der Waals surface area contributed by atoms with Crippen LogP contribution in [0.25, 0.3) is 10.9 Å². The number of nitrogens with one attached hydrogen (secondary N) is 1. The fourth-order valence-electron chi connectivity index (χ4n) is 4.40. The van der Waals surface area contributed by atoms with Crippen LogP contribution in [0.5, 0.6) is 0 Å². The van der Waals surface area contributed by atoms with Crippen molar-refractivity contribution < 1.29 is 9.59 Å². The van der Waals surface area contributed by atoms with Crippen molar-refractivity contribution in [1.29, 1.82) is 0 Å². The number of nitrogens with zero attached hydrogens (tertiary/aromatic N) is 2. The van der Waals surface area contributed by atoms with Crippen LogP contribution >= 0.6 is 11.6 Å². The van der Waals surface area contributed by atoms with Gasteiger partial charge in [-0.15, -0.1) is 0 Å². The molecule has 28 heavy (non-hydrogen) atoms. The van der Waals surface area contributed by atoms with Crippen molar-refractivity contribution in [3.8, 4) is 0 Å². The Morgan fingerprint density at radius 3 is 2.75 bits per heavy atom. The van der Waals surface area contributed by atoms with E-state index >= 15 is 0 Å². The zero-order valence-electron chi connectivity index (χ0n) is 15.6. The van der Waals surface area contributed by atoms with E-state index in [1.165, 1.54) is 5.69 Å². The summed E-state index contributed by atoms with van der Waals surface area (Å²) in [6.07, 6.45) is 1.59. The lowest BCUT2D eigenvalue weighted by Gasteiger charge is -2.27. The molecule has 0 radical (unpaired) electrons. The van der Waals surface area contributed by atoms with Gasteiger partial charge in [-0.2, -0.15) is 0 Å². The van der Waals surface area contributed by atoms with Crippen LogP contribution < -0.4 is 4.90 Å². The highest BCUT2D eigenvalue weighted by atomic mass is 35.5. The number of aromatic amines is 1. The number of rotatable bonds is 1. The van der Waals surface area contributed by atoms with Crippen LogP contribution in [0.4, 0.5) is 5.69 Å². The minimum atomic E-state index is 0.0334. The maximum atomic E-state index is 13.2. The standard InChI is InChI=1S/C22H20ClN3O2/c1-13(27)26-9-6-14-10-15(2-5-21(14)26)22(28)25-8-7-20-18(12-25)17-11-16(23)3-4-19(17)24-20/h2-5,10-11,24H,6-9,12H2,1H3. The first kappa shape index (κ1) is 17.3. The molecule has 6 heteroatoms. The topological polar surface area (TPSA) is 56.4 Å². The maximum Gasteiger partial charge on any atom is 0.254 e. The molecule has 2 amide bonds. The Hall–Kier alpha value is -2.79. The van der Waals surface area contributed by atoms with Crippen LogP contribution in [0, 0.1) is 0 Å². The van der Waals surface area contributed by atoms with E-state index in [1.807, 2.05) is 41.3 Å². The van der Waals surface area contributed by atoms with Gasteiger partial charge in [0, 0.05) is 71.4 Å². The molecule has 5 rings (SSSR count). The van der Waals surface area contributed by atoms with Gasteiger partial charge < -0.3 is 14.8 Å². The van der Waals surface area contributed by atoms with E-state index in [4.69, 9.17) is 11.6 Å². The molecule has 0 aliphatic carbocycles. The van der Waals surface area contributed by atoms with Crippen LogP contribution in [0.15, 0.2) is 36.4 Å². The number of carbonyl (C=O) groups excluding carboxylic acids is 2. The Morgan fingerprint density at radius 1 is 1.07 bits per heavy atom. The summed E-state index contributed by atoms with van der Waals surface area (Å²) >= 11 is 6.18. The quantitative estimate of drug-likeness (QED) is 0.681. The van der Waals surface area contributed by atoms with E-state index in [0.717, 1.165) is 40.6 Å². The third kappa shape index (κ3) is 2.69. The molecule has 0 atom stereocenters. The fraction of sp³-hybridized carbons (Fsp3) is 0.273. The molecule has 0 fully saturated rings. The second-order valence-electron chi connectivity index (χ2n) is 7.51. The van der Waals surface area contributed by atoms with E-state index in [0.29, 0.717) is 30.2 Å². The van der Waals surface area contributed by atoms with Crippen LogP contribution in [-0.2, 0) is 24.2 Å². The largest absolute Gasteiger partial charge is 0.358 e. The van der Waals surface area contributed by atoms with Crippen LogP contribution in [0.3, 0.4) is 0 Å². The van der Waals surface area contributed by atoms with E-state index in [1.54, 1.807) is 11.8 Å². The van der Waals surface area contributed by atoms with Crippen molar-refractivity contribution in [3.63, 3.8) is 0 Å². The second kappa shape index (κ2) is 6.38. The molecule has 3 heterocycles. The van der Waals surface area contributed by atoms with Gasteiger partial charge in [-0.05, 0) is 48.4 Å². The molecule has 2 aliphatic heterocycles. The van der Waals surface area contributed by atoms with E-state index < -0.39 is 0 Å². The first-order valence-corrected chi connectivity index (χ1v) is 9.88. The highest BCUT2D eigenvalue weighted by Crippen LogP contribution is 2.32. The zero-order chi connectivity index (χ0) is 19.4. The fourth-order valence-corrected chi connectivity index (χ4v) is 4.58. The van der Waals surface area contributed by atoms with Gasteiger partial charge in [0.05, 0.1) is 0 Å². The summed E-state index contributed by atoms with van der Waals surface area (Å²) < 4.78 is 0.